The Bertz CT molecular complexity index is 918. The van der Waals surface area contributed by atoms with Crippen LogP contribution in [-0.2, 0) is 20.6 Å². The average Bonchev–Trinajstić information content (AvgIpc) is 3.11. The van der Waals surface area contributed by atoms with E-state index in [1.165, 1.54) is 7.11 Å². The smallest absolute Gasteiger partial charge is 0.338 e. The number of aliphatic hydroxyl groups excluding tert-OH is 1. The van der Waals surface area contributed by atoms with Gasteiger partial charge in [0.1, 0.15) is 29.4 Å². The number of aliphatic hydroxyl groups is 1. The van der Waals surface area contributed by atoms with Gasteiger partial charge in [0.15, 0.2) is 0 Å². The quantitative estimate of drug-likeness (QED) is 0.261. The molecule has 0 unspecified atom stereocenters. The SMILES string of the molecule is CCOC(=O)c1cc(Oc2ccc(SOOC)cc2)c2cc(CO)oc2c1. The average molecular weight is 390 g/mol. The lowest BCUT2D eigenvalue weighted by atomic mass is 10.1. The van der Waals surface area contributed by atoms with E-state index in [9.17, 15) is 9.90 Å². The van der Waals surface area contributed by atoms with Gasteiger partial charge in [0.25, 0.3) is 0 Å². The number of carbonyl (C=O) groups excluding carboxylic acids is 1. The Morgan fingerprint density at radius 2 is 1.96 bits per heavy atom. The summed E-state index contributed by atoms with van der Waals surface area (Å²) in [4.78, 5) is 17.5. The summed E-state index contributed by atoms with van der Waals surface area (Å²) in [5, 5.41) is 9.98. The van der Waals surface area contributed by atoms with Gasteiger partial charge in [-0.3, -0.25) is 0 Å². The topological polar surface area (TPSA) is 87.4 Å². The van der Waals surface area contributed by atoms with Gasteiger partial charge in [0.2, 0.25) is 0 Å². The molecule has 8 heteroatoms. The van der Waals surface area contributed by atoms with Crippen molar-refractivity contribution in [1.29, 1.82) is 0 Å². The van der Waals surface area contributed by atoms with Crippen LogP contribution in [0, 0.1) is 0 Å². The van der Waals surface area contributed by atoms with Gasteiger partial charge in [-0.1, -0.05) is 0 Å². The van der Waals surface area contributed by atoms with Crippen LogP contribution in [0.3, 0.4) is 0 Å². The highest BCUT2D eigenvalue weighted by atomic mass is 32.2. The molecular weight excluding hydrogens is 372 g/mol. The highest BCUT2D eigenvalue weighted by Crippen LogP contribution is 2.34. The molecule has 0 amide bonds. The zero-order chi connectivity index (χ0) is 19.2. The molecule has 1 heterocycles. The fourth-order valence-electron chi connectivity index (χ4n) is 2.42. The lowest BCUT2D eigenvalue weighted by Crippen LogP contribution is -2.04. The van der Waals surface area contributed by atoms with Crippen LogP contribution >= 0.6 is 12.0 Å². The van der Waals surface area contributed by atoms with E-state index in [-0.39, 0.29) is 13.2 Å². The van der Waals surface area contributed by atoms with Crippen molar-refractivity contribution in [1.82, 2.24) is 0 Å². The number of esters is 1. The van der Waals surface area contributed by atoms with Crippen molar-refractivity contribution in [3.05, 3.63) is 53.8 Å². The van der Waals surface area contributed by atoms with Crippen LogP contribution in [0.5, 0.6) is 11.5 Å². The van der Waals surface area contributed by atoms with Crippen molar-refractivity contribution in [2.45, 2.75) is 18.4 Å². The first kappa shape index (κ1) is 19.2. The monoisotopic (exact) mass is 390 g/mol. The van der Waals surface area contributed by atoms with Crippen LogP contribution in [0.2, 0.25) is 0 Å². The molecule has 2 aromatic carbocycles. The Morgan fingerprint density at radius 1 is 1.19 bits per heavy atom. The number of carbonyl (C=O) groups is 1. The van der Waals surface area contributed by atoms with Crippen LogP contribution in [0.25, 0.3) is 11.0 Å². The molecule has 3 rings (SSSR count). The molecule has 0 aliphatic rings. The molecule has 1 aromatic heterocycles. The van der Waals surface area contributed by atoms with Gasteiger partial charge in [0.05, 0.1) is 36.7 Å². The van der Waals surface area contributed by atoms with Crippen LogP contribution < -0.4 is 4.74 Å². The van der Waals surface area contributed by atoms with Gasteiger partial charge >= 0.3 is 5.97 Å². The van der Waals surface area contributed by atoms with E-state index in [4.69, 9.17) is 18.2 Å². The zero-order valence-electron chi connectivity index (χ0n) is 14.8. The lowest BCUT2D eigenvalue weighted by molar-refractivity contribution is -0.160. The fraction of sp³-hybridized carbons (Fsp3) is 0.211. The maximum atomic E-state index is 12.1. The maximum absolute atomic E-state index is 12.1. The van der Waals surface area contributed by atoms with Crippen LogP contribution in [0.4, 0.5) is 0 Å². The second-order valence-electron chi connectivity index (χ2n) is 5.37. The van der Waals surface area contributed by atoms with Gasteiger partial charge < -0.3 is 19.0 Å². The molecule has 0 aliphatic heterocycles. The summed E-state index contributed by atoms with van der Waals surface area (Å²) in [5.41, 5.74) is 0.735. The number of fused-ring (bicyclic) bond motifs is 1. The molecule has 0 saturated heterocycles. The van der Waals surface area contributed by atoms with Gasteiger partial charge in [-0.2, -0.15) is 4.33 Å². The second kappa shape index (κ2) is 8.92. The van der Waals surface area contributed by atoms with Gasteiger partial charge in [-0.05, 0) is 49.4 Å². The molecule has 0 radical (unpaired) electrons. The van der Waals surface area contributed by atoms with E-state index in [1.54, 1.807) is 49.4 Å². The summed E-state index contributed by atoms with van der Waals surface area (Å²) in [7, 11) is 1.43. The summed E-state index contributed by atoms with van der Waals surface area (Å²) in [5.74, 6) is 0.882. The molecule has 0 spiro atoms. The largest absolute Gasteiger partial charge is 0.462 e. The van der Waals surface area contributed by atoms with Crippen molar-refractivity contribution >= 4 is 29.0 Å². The van der Waals surface area contributed by atoms with Gasteiger partial charge in [-0.25, -0.2) is 9.68 Å². The minimum Gasteiger partial charge on any atom is -0.462 e. The predicted molar refractivity (Wildman–Crippen MR) is 98.6 cm³/mol. The number of rotatable bonds is 8. The molecule has 0 bridgehead atoms. The number of hydrogen-bond donors (Lipinski definition) is 1. The molecule has 1 N–H and O–H groups in total. The van der Waals surface area contributed by atoms with E-state index < -0.39 is 5.97 Å². The Morgan fingerprint density at radius 3 is 2.63 bits per heavy atom. The van der Waals surface area contributed by atoms with E-state index in [0.717, 1.165) is 16.9 Å². The molecule has 3 aromatic rings. The van der Waals surface area contributed by atoms with Crippen LogP contribution in [-0.4, -0.2) is 24.8 Å². The van der Waals surface area contributed by atoms with Crippen molar-refractivity contribution in [2.75, 3.05) is 13.7 Å². The van der Waals surface area contributed by atoms with E-state index >= 15 is 0 Å². The van der Waals surface area contributed by atoms with E-state index in [2.05, 4.69) is 4.89 Å². The first-order valence-electron chi connectivity index (χ1n) is 8.14. The minimum absolute atomic E-state index is 0.256. The molecule has 7 nitrogen and oxygen atoms in total. The van der Waals surface area contributed by atoms with E-state index in [0.29, 0.717) is 33.8 Å². The summed E-state index contributed by atoms with van der Waals surface area (Å²) in [6.45, 7) is 1.74. The van der Waals surface area contributed by atoms with Crippen molar-refractivity contribution < 1.29 is 33.0 Å². The first-order chi connectivity index (χ1) is 13.1. The summed E-state index contributed by atoms with van der Waals surface area (Å²) in [6, 6.07) is 12.0. The Hall–Kier alpha value is -2.52. The Kier molecular flexibility index (Phi) is 6.36. The van der Waals surface area contributed by atoms with Gasteiger partial charge in [-0.15, -0.1) is 0 Å². The predicted octanol–water partition coefficient (Wildman–Crippen LogP) is 4.48. The molecule has 27 heavy (non-hydrogen) atoms. The summed E-state index contributed by atoms with van der Waals surface area (Å²) < 4.78 is 21.4. The lowest BCUT2D eigenvalue weighted by Gasteiger charge is -2.09. The molecule has 0 fully saturated rings. The number of furan rings is 1. The third kappa shape index (κ3) is 4.61. The minimum atomic E-state index is -0.477. The van der Waals surface area contributed by atoms with Crippen molar-refractivity contribution in [2.24, 2.45) is 0 Å². The number of ether oxygens (including phenoxy) is 2. The normalized spacial score (nSPS) is 10.9. The fourth-order valence-corrected chi connectivity index (χ4v) is 2.81. The first-order valence-corrected chi connectivity index (χ1v) is 8.88. The number of hydrogen-bond acceptors (Lipinski definition) is 8. The highest BCUT2D eigenvalue weighted by molar-refractivity contribution is 7.94. The number of benzene rings is 2. The zero-order valence-corrected chi connectivity index (χ0v) is 15.6. The Balaban J connectivity index is 1.93. The molecule has 0 atom stereocenters. The maximum Gasteiger partial charge on any atom is 0.338 e. The summed E-state index contributed by atoms with van der Waals surface area (Å²) in [6.07, 6.45) is 0. The molecule has 142 valence electrons. The summed E-state index contributed by atoms with van der Waals surface area (Å²) >= 11 is 1.07. The second-order valence-corrected chi connectivity index (χ2v) is 6.14. The molecule has 0 aliphatic carbocycles. The van der Waals surface area contributed by atoms with Crippen molar-refractivity contribution in [3.63, 3.8) is 0 Å². The van der Waals surface area contributed by atoms with Crippen LogP contribution in [0.15, 0.2) is 51.8 Å². The van der Waals surface area contributed by atoms with Crippen molar-refractivity contribution in [3.8, 4) is 11.5 Å². The molecular formula is C19H18O7S. The third-order valence-electron chi connectivity index (χ3n) is 3.57. The highest BCUT2D eigenvalue weighted by Gasteiger charge is 2.16. The molecule has 0 saturated carbocycles. The van der Waals surface area contributed by atoms with E-state index in [1.807, 2.05) is 0 Å². The third-order valence-corrected chi connectivity index (χ3v) is 4.24. The Labute approximate surface area is 159 Å². The standard InChI is InChI=1S/C19H18O7S/c1-3-23-19(21)12-8-17(16-10-14(11-20)25-18(16)9-12)24-13-4-6-15(7-5-13)27-26-22-2/h4-10,20H,3,11H2,1-2H3. The van der Waals surface area contributed by atoms with Crippen LogP contribution in [0.1, 0.15) is 23.0 Å². The van der Waals surface area contributed by atoms with Gasteiger partial charge in [0, 0.05) is 4.90 Å².